The lowest BCUT2D eigenvalue weighted by molar-refractivity contribution is -0.137. The molecule has 6 nitrogen and oxygen atoms in total. The third kappa shape index (κ3) is 4.59. The topological polar surface area (TPSA) is 78.9 Å². The van der Waals surface area contributed by atoms with Crippen molar-refractivity contribution in [2.24, 2.45) is 5.41 Å². The number of ether oxygens (including phenoxy) is 1. The van der Waals surface area contributed by atoms with Crippen LogP contribution in [0.3, 0.4) is 0 Å². The van der Waals surface area contributed by atoms with E-state index < -0.39 is 11.6 Å². The van der Waals surface area contributed by atoms with Crippen molar-refractivity contribution in [3.63, 3.8) is 0 Å². The quantitative estimate of drug-likeness (QED) is 0.809. The van der Waals surface area contributed by atoms with Crippen LogP contribution in [0, 0.1) is 5.41 Å². The first-order chi connectivity index (χ1) is 9.70. The Morgan fingerprint density at radius 3 is 2.57 bits per heavy atom. The van der Waals surface area contributed by atoms with Crippen molar-refractivity contribution in [1.82, 2.24) is 10.2 Å². The Hall–Kier alpha value is -1.30. The fraction of sp³-hybridized carbons (Fsp3) is 0.867. The Morgan fingerprint density at radius 1 is 1.38 bits per heavy atom. The van der Waals surface area contributed by atoms with Gasteiger partial charge in [0.2, 0.25) is 0 Å². The first-order valence-corrected chi connectivity index (χ1v) is 7.64. The van der Waals surface area contributed by atoms with Gasteiger partial charge in [-0.3, -0.25) is 4.79 Å². The molecule has 1 aliphatic carbocycles. The zero-order valence-electron chi connectivity index (χ0n) is 13.1. The monoisotopic (exact) mass is 298 g/mol. The van der Waals surface area contributed by atoms with Crippen LogP contribution in [0.2, 0.25) is 0 Å². The lowest BCUT2D eigenvalue weighted by atomic mass is 10.0. The number of hydrogen-bond acceptors (Lipinski definition) is 4. The van der Waals surface area contributed by atoms with Gasteiger partial charge in [-0.1, -0.05) is 0 Å². The number of nitrogens with one attached hydrogen (secondary N) is 1. The zero-order valence-corrected chi connectivity index (χ0v) is 13.1. The summed E-state index contributed by atoms with van der Waals surface area (Å²) in [4.78, 5) is 24.7. The Labute approximate surface area is 125 Å². The van der Waals surface area contributed by atoms with Crippen LogP contribution in [0.5, 0.6) is 0 Å². The molecule has 0 bridgehead atoms. The van der Waals surface area contributed by atoms with Gasteiger partial charge in [0.25, 0.3) is 0 Å². The van der Waals surface area contributed by atoms with Crippen LogP contribution < -0.4 is 5.32 Å². The van der Waals surface area contributed by atoms with Crippen molar-refractivity contribution in [3.8, 4) is 0 Å². The summed E-state index contributed by atoms with van der Waals surface area (Å²) in [5.74, 6) is -0.751. The molecule has 0 radical (unpaired) electrons. The number of nitrogens with zero attached hydrogens (tertiary/aromatic N) is 1. The van der Waals surface area contributed by atoms with Crippen LogP contribution in [0.4, 0.5) is 4.79 Å². The highest BCUT2D eigenvalue weighted by Gasteiger charge is 2.55. The number of alkyl carbamates (subject to hydrolysis) is 1. The van der Waals surface area contributed by atoms with Gasteiger partial charge >= 0.3 is 12.1 Å². The minimum Gasteiger partial charge on any atom is -0.481 e. The maximum absolute atomic E-state index is 11.9. The second-order valence-corrected chi connectivity index (χ2v) is 7.29. The molecule has 1 amide bonds. The largest absolute Gasteiger partial charge is 0.481 e. The van der Waals surface area contributed by atoms with Crippen molar-refractivity contribution >= 4 is 12.1 Å². The maximum atomic E-state index is 11.9. The summed E-state index contributed by atoms with van der Waals surface area (Å²) in [6.07, 6.45) is 2.76. The fourth-order valence-corrected chi connectivity index (χ4v) is 3.01. The number of carbonyl (C=O) groups excluding carboxylic acids is 1. The van der Waals surface area contributed by atoms with Crippen LogP contribution in [0.1, 0.15) is 46.5 Å². The van der Waals surface area contributed by atoms with E-state index in [-0.39, 0.29) is 24.0 Å². The minimum absolute atomic E-state index is 0.122. The first-order valence-electron chi connectivity index (χ1n) is 7.64. The summed E-state index contributed by atoms with van der Waals surface area (Å²) in [6.45, 7) is 8.08. The summed E-state index contributed by atoms with van der Waals surface area (Å²) in [5, 5.41) is 11.7. The van der Waals surface area contributed by atoms with E-state index in [4.69, 9.17) is 9.84 Å². The maximum Gasteiger partial charge on any atom is 0.407 e. The number of carboxylic acid groups (broad SMARTS) is 1. The molecule has 1 atom stereocenters. The van der Waals surface area contributed by atoms with Crippen molar-refractivity contribution in [3.05, 3.63) is 0 Å². The van der Waals surface area contributed by atoms with E-state index in [0.29, 0.717) is 6.42 Å². The minimum atomic E-state index is -0.751. The van der Waals surface area contributed by atoms with Gasteiger partial charge < -0.3 is 20.1 Å². The molecule has 1 saturated heterocycles. The van der Waals surface area contributed by atoms with E-state index in [0.717, 1.165) is 32.5 Å². The second kappa shape index (κ2) is 5.83. The van der Waals surface area contributed by atoms with E-state index in [1.165, 1.54) is 0 Å². The predicted octanol–water partition coefficient (Wildman–Crippen LogP) is 1.84. The van der Waals surface area contributed by atoms with Gasteiger partial charge in [-0.05, 0) is 46.6 Å². The van der Waals surface area contributed by atoms with Gasteiger partial charge in [-0.25, -0.2) is 4.79 Å². The number of rotatable bonds is 5. The number of carboxylic acids is 1. The van der Waals surface area contributed by atoms with Crippen molar-refractivity contribution < 1.29 is 19.4 Å². The van der Waals surface area contributed by atoms with E-state index in [1.807, 2.05) is 20.8 Å². The average molecular weight is 298 g/mol. The highest BCUT2D eigenvalue weighted by molar-refractivity contribution is 5.68. The highest BCUT2D eigenvalue weighted by Crippen LogP contribution is 2.52. The Balaban J connectivity index is 1.81. The molecule has 2 rings (SSSR count). The van der Waals surface area contributed by atoms with Gasteiger partial charge in [0.15, 0.2) is 0 Å². The molecule has 0 aromatic rings. The van der Waals surface area contributed by atoms with Gasteiger partial charge in [0.1, 0.15) is 5.60 Å². The lowest BCUT2D eigenvalue weighted by Crippen LogP contribution is -2.44. The normalized spacial score (nSPS) is 24.0. The summed E-state index contributed by atoms with van der Waals surface area (Å²) in [6, 6.07) is 0.122. The highest BCUT2D eigenvalue weighted by atomic mass is 16.6. The molecule has 120 valence electrons. The molecule has 6 heteroatoms. The molecule has 1 spiro atoms. The SMILES string of the molecule is CC(C)(C)OC(=O)N[C@H]1CN(CCCC(=O)O)CC12CC2. The van der Waals surface area contributed by atoms with Gasteiger partial charge in [0, 0.05) is 24.9 Å². The van der Waals surface area contributed by atoms with E-state index in [9.17, 15) is 9.59 Å². The fourth-order valence-electron chi connectivity index (χ4n) is 3.01. The summed E-state index contributed by atoms with van der Waals surface area (Å²) >= 11 is 0. The number of amides is 1. The van der Waals surface area contributed by atoms with E-state index in [2.05, 4.69) is 10.2 Å². The molecule has 0 unspecified atom stereocenters. The Kier molecular flexibility index (Phi) is 4.46. The number of hydrogen-bond donors (Lipinski definition) is 2. The molecular weight excluding hydrogens is 272 g/mol. The Bertz CT molecular complexity index is 412. The lowest BCUT2D eigenvalue weighted by Gasteiger charge is -2.24. The standard InChI is InChI=1S/C15H26N2O4/c1-14(2,3)21-13(20)16-11-9-17(8-4-5-12(18)19)10-15(11)6-7-15/h11H,4-10H2,1-3H3,(H,16,20)(H,18,19)/t11-/m0/s1. The summed E-state index contributed by atoms with van der Waals surface area (Å²) in [5.41, 5.74) is -0.291. The van der Waals surface area contributed by atoms with Crippen LogP contribution in [0.15, 0.2) is 0 Å². The molecule has 2 aliphatic rings. The third-order valence-electron chi connectivity index (χ3n) is 4.17. The van der Waals surface area contributed by atoms with Crippen LogP contribution in [-0.4, -0.2) is 53.3 Å². The predicted molar refractivity (Wildman–Crippen MR) is 78.1 cm³/mol. The zero-order chi connectivity index (χ0) is 15.7. The Morgan fingerprint density at radius 2 is 2.05 bits per heavy atom. The van der Waals surface area contributed by atoms with E-state index in [1.54, 1.807) is 0 Å². The number of carbonyl (C=O) groups is 2. The van der Waals surface area contributed by atoms with Crippen LogP contribution in [0.25, 0.3) is 0 Å². The molecule has 21 heavy (non-hydrogen) atoms. The van der Waals surface area contributed by atoms with Crippen LogP contribution >= 0.6 is 0 Å². The van der Waals surface area contributed by atoms with Crippen molar-refractivity contribution in [1.29, 1.82) is 0 Å². The number of likely N-dealkylation sites (tertiary alicyclic amines) is 1. The summed E-state index contributed by atoms with van der Waals surface area (Å²) < 4.78 is 5.32. The van der Waals surface area contributed by atoms with Crippen molar-refractivity contribution in [2.45, 2.75) is 58.1 Å². The molecule has 1 heterocycles. The molecule has 0 aromatic heterocycles. The molecule has 1 aliphatic heterocycles. The smallest absolute Gasteiger partial charge is 0.407 e. The molecule has 0 aromatic carbocycles. The van der Waals surface area contributed by atoms with Crippen molar-refractivity contribution in [2.75, 3.05) is 19.6 Å². The van der Waals surface area contributed by atoms with Gasteiger partial charge in [0.05, 0.1) is 6.04 Å². The molecule has 1 saturated carbocycles. The molecule has 2 fully saturated rings. The first kappa shape index (κ1) is 16.1. The molecular formula is C15H26N2O4. The van der Waals surface area contributed by atoms with E-state index >= 15 is 0 Å². The number of aliphatic carboxylic acids is 1. The summed E-state index contributed by atoms with van der Waals surface area (Å²) in [7, 11) is 0. The second-order valence-electron chi connectivity index (χ2n) is 7.29. The molecule has 2 N–H and O–H groups in total. The van der Waals surface area contributed by atoms with Gasteiger partial charge in [-0.15, -0.1) is 0 Å². The van der Waals surface area contributed by atoms with Gasteiger partial charge in [-0.2, -0.15) is 0 Å². The third-order valence-corrected chi connectivity index (χ3v) is 4.17. The average Bonchev–Trinajstić information content (AvgIpc) is 2.97. The van der Waals surface area contributed by atoms with Crippen LogP contribution in [-0.2, 0) is 9.53 Å².